The normalized spacial score (nSPS) is 12.1. The predicted octanol–water partition coefficient (Wildman–Crippen LogP) is 2.37. The molecule has 1 unspecified atom stereocenters. The maximum atomic E-state index is 13.5. The average Bonchev–Trinajstić information content (AvgIpc) is 2.32. The fraction of sp³-hybridized carbons (Fsp3) is 0.462. The van der Waals surface area contributed by atoms with Gasteiger partial charge in [-0.1, -0.05) is 0 Å². The summed E-state index contributed by atoms with van der Waals surface area (Å²) >= 11 is 0. The highest BCUT2D eigenvalue weighted by Gasteiger charge is 2.16. The summed E-state index contributed by atoms with van der Waals surface area (Å²) in [6.07, 6.45) is 0. The zero-order valence-corrected chi connectivity index (χ0v) is 11.0. The van der Waals surface area contributed by atoms with Gasteiger partial charge in [0.05, 0.1) is 25.0 Å². The first kappa shape index (κ1) is 14.4. The zero-order chi connectivity index (χ0) is 13.7. The lowest BCUT2D eigenvalue weighted by Crippen LogP contribution is -2.22. The van der Waals surface area contributed by atoms with Crippen LogP contribution in [0.2, 0.25) is 0 Å². The SMILES string of the molecule is COCC(C)Nc1cc(F)c(C)cc1C(=O)OC. The minimum absolute atomic E-state index is 0.0412. The molecule has 0 spiro atoms. The number of nitrogens with one attached hydrogen (secondary N) is 1. The van der Waals surface area contributed by atoms with Gasteiger partial charge in [-0.25, -0.2) is 9.18 Å². The van der Waals surface area contributed by atoms with Crippen molar-refractivity contribution in [2.24, 2.45) is 0 Å². The van der Waals surface area contributed by atoms with E-state index < -0.39 is 5.97 Å². The third-order valence-electron chi connectivity index (χ3n) is 2.52. The van der Waals surface area contributed by atoms with E-state index in [-0.39, 0.29) is 11.9 Å². The Kier molecular flexibility index (Phi) is 5.09. The number of methoxy groups -OCH3 is 2. The summed E-state index contributed by atoms with van der Waals surface area (Å²) < 4.78 is 23.2. The van der Waals surface area contributed by atoms with Gasteiger partial charge in [-0.2, -0.15) is 0 Å². The number of hydrogen-bond acceptors (Lipinski definition) is 4. The number of hydrogen-bond donors (Lipinski definition) is 1. The van der Waals surface area contributed by atoms with Gasteiger partial charge in [0.1, 0.15) is 5.82 Å². The molecule has 0 bridgehead atoms. The van der Waals surface area contributed by atoms with E-state index in [1.807, 2.05) is 6.92 Å². The van der Waals surface area contributed by atoms with E-state index in [0.29, 0.717) is 23.4 Å². The van der Waals surface area contributed by atoms with Gasteiger partial charge in [-0.3, -0.25) is 0 Å². The highest BCUT2D eigenvalue weighted by molar-refractivity contribution is 5.95. The lowest BCUT2D eigenvalue weighted by Gasteiger charge is -2.17. The van der Waals surface area contributed by atoms with Crippen LogP contribution in [0.5, 0.6) is 0 Å². The Morgan fingerprint density at radius 2 is 2.11 bits per heavy atom. The van der Waals surface area contributed by atoms with Crippen molar-refractivity contribution < 1.29 is 18.7 Å². The molecule has 0 aliphatic carbocycles. The number of rotatable bonds is 5. The van der Waals surface area contributed by atoms with E-state index in [4.69, 9.17) is 4.74 Å². The van der Waals surface area contributed by atoms with Crippen molar-refractivity contribution in [1.82, 2.24) is 0 Å². The van der Waals surface area contributed by atoms with E-state index in [2.05, 4.69) is 10.1 Å². The van der Waals surface area contributed by atoms with Gasteiger partial charge >= 0.3 is 5.97 Å². The van der Waals surface area contributed by atoms with Crippen molar-refractivity contribution in [3.63, 3.8) is 0 Å². The minimum Gasteiger partial charge on any atom is -0.465 e. The molecule has 0 aliphatic rings. The molecule has 1 rings (SSSR count). The van der Waals surface area contributed by atoms with Crippen LogP contribution in [0.3, 0.4) is 0 Å². The monoisotopic (exact) mass is 255 g/mol. The predicted molar refractivity (Wildman–Crippen MR) is 67.4 cm³/mol. The Bertz CT molecular complexity index is 434. The number of anilines is 1. The quantitative estimate of drug-likeness (QED) is 0.820. The van der Waals surface area contributed by atoms with Crippen LogP contribution in [0.4, 0.5) is 10.1 Å². The molecule has 0 amide bonds. The number of carbonyl (C=O) groups is 1. The lowest BCUT2D eigenvalue weighted by molar-refractivity contribution is 0.0601. The summed E-state index contributed by atoms with van der Waals surface area (Å²) in [5, 5.41) is 3.03. The van der Waals surface area contributed by atoms with Crippen molar-refractivity contribution in [3.05, 3.63) is 29.1 Å². The van der Waals surface area contributed by atoms with Crippen molar-refractivity contribution >= 4 is 11.7 Å². The largest absolute Gasteiger partial charge is 0.465 e. The maximum absolute atomic E-state index is 13.5. The number of aryl methyl sites for hydroxylation is 1. The molecule has 18 heavy (non-hydrogen) atoms. The Hall–Kier alpha value is -1.62. The topological polar surface area (TPSA) is 47.6 Å². The van der Waals surface area contributed by atoms with E-state index in [9.17, 15) is 9.18 Å². The number of halogens is 1. The molecular formula is C13H18FNO3. The molecule has 100 valence electrons. The first-order valence-corrected chi connectivity index (χ1v) is 5.63. The van der Waals surface area contributed by atoms with Gasteiger partial charge in [0.15, 0.2) is 0 Å². The maximum Gasteiger partial charge on any atom is 0.339 e. The van der Waals surface area contributed by atoms with E-state index >= 15 is 0 Å². The molecule has 0 radical (unpaired) electrons. The van der Waals surface area contributed by atoms with Crippen molar-refractivity contribution in [2.45, 2.75) is 19.9 Å². The summed E-state index contributed by atoms with van der Waals surface area (Å²) in [7, 11) is 2.87. The van der Waals surface area contributed by atoms with Crippen molar-refractivity contribution in [1.29, 1.82) is 0 Å². The van der Waals surface area contributed by atoms with Crippen LogP contribution >= 0.6 is 0 Å². The van der Waals surface area contributed by atoms with Gasteiger partial charge in [0, 0.05) is 13.2 Å². The summed E-state index contributed by atoms with van der Waals surface area (Å²) in [5.41, 5.74) is 1.13. The molecule has 4 nitrogen and oxygen atoms in total. The highest BCUT2D eigenvalue weighted by atomic mass is 19.1. The minimum atomic E-state index is -0.495. The molecule has 1 aromatic rings. The standard InChI is InChI=1S/C13H18FNO3/c1-8-5-10(13(16)18-4)12(6-11(8)14)15-9(2)7-17-3/h5-6,9,15H,7H2,1-4H3. The number of carbonyl (C=O) groups excluding carboxylic acids is 1. The first-order valence-electron chi connectivity index (χ1n) is 5.63. The number of ether oxygens (including phenoxy) is 2. The van der Waals surface area contributed by atoms with Gasteiger partial charge in [0.25, 0.3) is 0 Å². The molecule has 1 aromatic carbocycles. The van der Waals surface area contributed by atoms with E-state index in [1.165, 1.54) is 19.2 Å². The lowest BCUT2D eigenvalue weighted by atomic mass is 10.1. The van der Waals surface area contributed by atoms with Crippen LogP contribution in [0.25, 0.3) is 0 Å². The van der Waals surface area contributed by atoms with Gasteiger partial charge < -0.3 is 14.8 Å². The molecule has 0 aliphatic heterocycles. The van der Waals surface area contributed by atoms with Gasteiger partial charge in [-0.05, 0) is 31.5 Å². The molecule has 0 saturated heterocycles. The van der Waals surface area contributed by atoms with Crippen LogP contribution in [0.15, 0.2) is 12.1 Å². The second-order valence-corrected chi connectivity index (χ2v) is 4.14. The summed E-state index contributed by atoms with van der Waals surface area (Å²) in [4.78, 5) is 11.6. The zero-order valence-electron chi connectivity index (χ0n) is 11.0. The number of esters is 1. The summed E-state index contributed by atoms with van der Waals surface area (Å²) in [6.45, 7) is 3.93. The third kappa shape index (κ3) is 3.43. The Morgan fingerprint density at radius 3 is 2.67 bits per heavy atom. The van der Waals surface area contributed by atoms with Gasteiger partial charge in [0.2, 0.25) is 0 Å². The second-order valence-electron chi connectivity index (χ2n) is 4.14. The summed E-state index contributed by atoms with van der Waals surface area (Å²) in [5.74, 6) is -0.861. The van der Waals surface area contributed by atoms with Crippen molar-refractivity contribution in [2.75, 3.05) is 26.1 Å². The van der Waals surface area contributed by atoms with Crippen LogP contribution in [-0.4, -0.2) is 32.8 Å². The van der Waals surface area contributed by atoms with Crippen LogP contribution < -0.4 is 5.32 Å². The molecular weight excluding hydrogens is 237 g/mol. The van der Waals surface area contributed by atoms with Crippen LogP contribution in [0, 0.1) is 12.7 Å². The van der Waals surface area contributed by atoms with E-state index in [1.54, 1.807) is 14.0 Å². The fourth-order valence-corrected chi connectivity index (χ4v) is 1.64. The molecule has 1 N–H and O–H groups in total. The Labute approximate surface area is 106 Å². The Balaban J connectivity index is 3.07. The molecule has 0 saturated carbocycles. The summed E-state index contributed by atoms with van der Waals surface area (Å²) in [6, 6.07) is 2.73. The second kappa shape index (κ2) is 6.35. The smallest absolute Gasteiger partial charge is 0.339 e. The third-order valence-corrected chi connectivity index (χ3v) is 2.52. The highest BCUT2D eigenvalue weighted by Crippen LogP contribution is 2.22. The average molecular weight is 255 g/mol. The fourth-order valence-electron chi connectivity index (χ4n) is 1.64. The van der Waals surface area contributed by atoms with Crippen LogP contribution in [-0.2, 0) is 9.47 Å². The Morgan fingerprint density at radius 1 is 1.44 bits per heavy atom. The van der Waals surface area contributed by atoms with Crippen LogP contribution in [0.1, 0.15) is 22.8 Å². The molecule has 0 fully saturated rings. The van der Waals surface area contributed by atoms with Gasteiger partial charge in [-0.15, -0.1) is 0 Å². The molecule has 0 heterocycles. The number of benzene rings is 1. The molecule has 0 aromatic heterocycles. The molecule has 5 heteroatoms. The van der Waals surface area contributed by atoms with E-state index in [0.717, 1.165) is 0 Å². The first-order chi connectivity index (χ1) is 8.49. The van der Waals surface area contributed by atoms with Crippen molar-refractivity contribution in [3.8, 4) is 0 Å². The molecule has 1 atom stereocenters.